The summed E-state index contributed by atoms with van der Waals surface area (Å²) < 4.78 is 0. The highest BCUT2D eigenvalue weighted by atomic mass is 15.3. The van der Waals surface area contributed by atoms with Crippen molar-refractivity contribution in [2.45, 2.75) is 20.4 Å². The zero-order chi connectivity index (χ0) is 13.4. The summed E-state index contributed by atoms with van der Waals surface area (Å²) in [5.74, 6) is -0.0376. The second kappa shape index (κ2) is 7.45. The number of hydrogen-bond acceptors (Lipinski definition) is 3. The maximum atomic E-state index is 5.17. The predicted molar refractivity (Wildman–Crippen MR) is 76.5 cm³/mol. The lowest BCUT2D eigenvalue weighted by Crippen LogP contribution is -2.22. The van der Waals surface area contributed by atoms with Crippen molar-refractivity contribution in [1.29, 1.82) is 0 Å². The number of benzene rings is 1. The summed E-state index contributed by atoms with van der Waals surface area (Å²) in [5, 5.41) is 7.32. The molecule has 0 atom stereocenters. The van der Waals surface area contributed by atoms with Gasteiger partial charge >= 0.3 is 0 Å². The van der Waals surface area contributed by atoms with Crippen LogP contribution >= 0.6 is 0 Å². The minimum atomic E-state index is -0.0376. The Balaban J connectivity index is 2.62. The van der Waals surface area contributed by atoms with Gasteiger partial charge in [0.25, 0.3) is 0 Å². The average Bonchev–Trinajstić information content (AvgIpc) is 2.37. The largest absolute Gasteiger partial charge is 0.369 e. The second-order valence-electron chi connectivity index (χ2n) is 3.97. The minimum Gasteiger partial charge on any atom is -0.369 e. The van der Waals surface area contributed by atoms with Crippen LogP contribution in [0.25, 0.3) is 0 Å². The van der Waals surface area contributed by atoms with Crippen LogP contribution in [0.15, 0.2) is 34.5 Å². The van der Waals surface area contributed by atoms with Gasteiger partial charge in [-0.1, -0.05) is 38.1 Å². The van der Waals surface area contributed by atoms with Gasteiger partial charge in [-0.25, -0.2) is 0 Å². The van der Waals surface area contributed by atoms with Crippen LogP contribution < -0.4 is 11.5 Å². The topological polar surface area (TPSA) is 80.0 Å². The van der Waals surface area contributed by atoms with Gasteiger partial charge < -0.3 is 11.5 Å². The molecule has 1 aromatic carbocycles. The minimum absolute atomic E-state index is 0.0376. The second-order valence-corrected chi connectivity index (χ2v) is 3.97. The normalized spacial score (nSPS) is 11.1. The van der Waals surface area contributed by atoms with Crippen LogP contribution in [0, 0.1) is 0 Å². The fourth-order valence-corrected chi connectivity index (χ4v) is 1.58. The third-order valence-electron chi connectivity index (χ3n) is 2.66. The number of nitrogens with two attached hydrogens (primary N) is 2. The third kappa shape index (κ3) is 4.97. The molecule has 0 fully saturated rings. The van der Waals surface area contributed by atoms with E-state index in [1.165, 1.54) is 5.56 Å². The monoisotopic (exact) mass is 247 g/mol. The van der Waals surface area contributed by atoms with Crippen molar-refractivity contribution in [2.24, 2.45) is 21.7 Å². The maximum absolute atomic E-state index is 5.17. The molecule has 5 heteroatoms. The van der Waals surface area contributed by atoms with Gasteiger partial charge in [0.1, 0.15) is 0 Å². The Morgan fingerprint density at radius 3 is 2.28 bits per heavy atom. The van der Waals surface area contributed by atoms with Gasteiger partial charge in [0.05, 0.1) is 6.21 Å². The van der Waals surface area contributed by atoms with E-state index in [1.54, 1.807) is 6.21 Å². The molecular weight excluding hydrogens is 226 g/mol. The van der Waals surface area contributed by atoms with Crippen molar-refractivity contribution in [3.8, 4) is 0 Å². The van der Waals surface area contributed by atoms with Gasteiger partial charge in [-0.3, -0.25) is 4.90 Å². The number of rotatable bonds is 6. The Bertz CT molecular complexity index is 400. The molecule has 0 aromatic heterocycles. The van der Waals surface area contributed by atoms with Crippen molar-refractivity contribution in [2.75, 3.05) is 13.1 Å². The van der Waals surface area contributed by atoms with Gasteiger partial charge in [0, 0.05) is 6.54 Å². The first-order valence-electron chi connectivity index (χ1n) is 6.09. The lowest BCUT2D eigenvalue weighted by atomic mass is 10.1. The molecule has 0 saturated carbocycles. The van der Waals surface area contributed by atoms with E-state index in [9.17, 15) is 0 Å². The van der Waals surface area contributed by atoms with Crippen molar-refractivity contribution in [3.63, 3.8) is 0 Å². The van der Waals surface area contributed by atoms with Crippen molar-refractivity contribution < 1.29 is 0 Å². The van der Waals surface area contributed by atoms with Crippen molar-refractivity contribution in [3.05, 3.63) is 35.4 Å². The summed E-state index contributed by atoms with van der Waals surface area (Å²) in [4.78, 5) is 2.36. The van der Waals surface area contributed by atoms with Crippen LogP contribution in [0.1, 0.15) is 25.0 Å². The lowest BCUT2D eigenvalue weighted by Gasteiger charge is -2.17. The molecular formula is C13H21N5. The summed E-state index contributed by atoms with van der Waals surface area (Å²) in [6.07, 6.45) is 1.63. The van der Waals surface area contributed by atoms with Crippen LogP contribution in [-0.2, 0) is 6.54 Å². The quantitative estimate of drug-likeness (QED) is 0.449. The molecule has 5 nitrogen and oxygen atoms in total. The van der Waals surface area contributed by atoms with Crippen molar-refractivity contribution >= 4 is 12.2 Å². The fourth-order valence-electron chi connectivity index (χ4n) is 1.58. The molecule has 1 rings (SSSR count). The van der Waals surface area contributed by atoms with Gasteiger partial charge in [-0.15, -0.1) is 5.10 Å². The molecule has 0 aliphatic rings. The van der Waals surface area contributed by atoms with Crippen LogP contribution in [-0.4, -0.2) is 30.2 Å². The molecule has 0 amide bonds. The third-order valence-corrected chi connectivity index (χ3v) is 2.66. The Kier molecular flexibility index (Phi) is 5.87. The van der Waals surface area contributed by atoms with Crippen LogP contribution in [0.5, 0.6) is 0 Å². The van der Waals surface area contributed by atoms with Gasteiger partial charge in [-0.05, 0) is 24.2 Å². The highest BCUT2D eigenvalue weighted by Crippen LogP contribution is 2.06. The van der Waals surface area contributed by atoms with E-state index in [4.69, 9.17) is 11.5 Å². The molecule has 0 saturated heterocycles. The molecule has 4 N–H and O–H groups in total. The Labute approximate surface area is 108 Å². The first-order valence-corrected chi connectivity index (χ1v) is 6.09. The lowest BCUT2D eigenvalue weighted by molar-refractivity contribution is 0.296. The Morgan fingerprint density at radius 1 is 1.17 bits per heavy atom. The molecule has 0 bridgehead atoms. The number of nitrogens with zero attached hydrogens (tertiary/aromatic N) is 3. The van der Waals surface area contributed by atoms with Crippen LogP contribution in [0.4, 0.5) is 0 Å². The SMILES string of the molecule is CCN(CC)Cc1ccc(C=NN=C(N)N)cc1. The van der Waals surface area contributed by atoms with E-state index in [2.05, 4.69) is 41.1 Å². The Hall–Kier alpha value is -1.88. The van der Waals surface area contributed by atoms with E-state index in [0.29, 0.717) is 0 Å². The standard InChI is InChI=1S/C13H21N5/c1-3-18(4-2)10-12-7-5-11(6-8-12)9-16-17-13(14)15/h5-9H,3-4,10H2,1-2H3,(H4,14,15,17). The summed E-state index contributed by atoms with van der Waals surface area (Å²) in [6, 6.07) is 8.19. The summed E-state index contributed by atoms with van der Waals surface area (Å²) in [5.41, 5.74) is 12.6. The average molecular weight is 247 g/mol. The summed E-state index contributed by atoms with van der Waals surface area (Å²) >= 11 is 0. The van der Waals surface area contributed by atoms with Crippen molar-refractivity contribution in [1.82, 2.24) is 4.90 Å². The number of hydrogen-bond donors (Lipinski definition) is 2. The molecule has 18 heavy (non-hydrogen) atoms. The van der Waals surface area contributed by atoms with E-state index in [-0.39, 0.29) is 5.96 Å². The number of guanidine groups is 1. The molecule has 0 aliphatic heterocycles. The summed E-state index contributed by atoms with van der Waals surface area (Å²) in [6.45, 7) is 7.42. The van der Waals surface area contributed by atoms with Gasteiger partial charge in [0.2, 0.25) is 5.96 Å². The van der Waals surface area contributed by atoms with E-state index in [0.717, 1.165) is 25.2 Å². The maximum Gasteiger partial charge on any atom is 0.211 e. The van der Waals surface area contributed by atoms with Crippen LogP contribution in [0.3, 0.4) is 0 Å². The fraction of sp³-hybridized carbons (Fsp3) is 0.385. The van der Waals surface area contributed by atoms with E-state index in [1.807, 2.05) is 12.1 Å². The Morgan fingerprint density at radius 2 is 1.78 bits per heavy atom. The molecule has 0 aliphatic carbocycles. The highest BCUT2D eigenvalue weighted by Gasteiger charge is 2.00. The molecule has 0 unspecified atom stereocenters. The molecule has 1 aromatic rings. The summed E-state index contributed by atoms with van der Waals surface area (Å²) in [7, 11) is 0. The smallest absolute Gasteiger partial charge is 0.211 e. The zero-order valence-electron chi connectivity index (χ0n) is 11.0. The zero-order valence-corrected chi connectivity index (χ0v) is 11.0. The molecule has 0 radical (unpaired) electrons. The van der Waals surface area contributed by atoms with E-state index >= 15 is 0 Å². The highest BCUT2D eigenvalue weighted by molar-refractivity contribution is 5.81. The van der Waals surface area contributed by atoms with Gasteiger partial charge in [-0.2, -0.15) is 5.10 Å². The van der Waals surface area contributed by atoms with Crippen LogP contribution in [0.2, 0.25) is 0 Å². The molecule has 0 heterocycles. The van der Waals surface area contributed by atoms with E-state index < -0.39 is 0 Å². The van der Waals surface area contributed by atoms with Gasteiger partial charge in [0.15, 0.2) is 0 Å². The first kappa shape index (κ1) is 14.2. The molecule has 98 valence electrons. The predicted octanol–water partition coefficient (Wildman–Crippen LogP) is 1.14. The first-order chi connectivity index (χ1) is 8.65. The molecule has 0 spiro atoms.